The largest absolute Gasteiger partial charge is 0.389 e. The Morgan fingerprint density at radius 1 is 1.56 bits per heavy atom. The summed E-state index contributed by atoms with van der Waals surface area (Å²) in [7, 11) is 0. The van der Waals surface area contributed by atoms with Crippen molar-refractivity contribution in [2.75, 3.05) is 6.54 Å². The Bertz CT molecular complexity index is 411. The van der Waals surface area contributed by atoms with Crippen molar-refractivity contribution in [3.8, 4) is 0 Å². The van der Waals surface area contributed by atoms with Crippen LogP contribution in [0.5, 0.6) is 0 Å². The molecule has 2 rings (SSSR count). The second kappa shape index (κ2) is 5.80. The lowest BCUT2D eigenvalue weighted by molar-refractivity contribution is -0.125. The number of carbonyl (C=O) groups is 1. The Morgan fingerprint density at radius 3 is 2.89 bits per heavy atom. The summed E-state index contributed by atoms with van der Waals surface area (Å²) in [6.07, 6.45) is 6.43. The van der Waals surface area contributed by atoms with E-state index in [1.54, 1.807) is 11.3 Å². The number of amides is 1. The summed E-state index contributed by atoms with van der Waals surface area (Å²) in [5.41, 5.74) is -0.748. The van der Waals surface area contributed by atoms with Crippen LogP contribution in [0.4, 0.5) is 0 Å². The summed E-state index contributed by atoms with van der Waals surface area (Å²) in [6, 6.07) is 0. The van der Waals surface area contributed by atoms with E-state index in [9.17, 15) is 9.90 Å². The maximum atomic E-state index is 11.7. The van der Waals surface area contributed by atoms with E-state index in [1.165, 1.54) is 4.88 Å². The van der Waals surface area contributed by atoms with E-state index in [0.29, 0.717) is 6.54 Å². The SMILES string of the molecule is Cc1cnc(CCNC(=O)CC2(O)CCCC2)s1. The van der Waals surface area contributed by atoms with Gasteiger partial charge in [0.05, 0.1) is 17.0 Å². The van der Waals surface area contributed by atoms with Gasteiger partial charge in [0.1, 0.15) is 0 Å². The lowest BCUT2D eigenvalue weighted by Crippen LogP contribution is -2.35. The number of nitrogens with zero attached hydrogens (tertiary/aromatic N) is 1. The number of aromatic nitrogens is 1. The first-order chi connectivity index (χ1) is 8.57. The number of hydrogen-bond donors (Lipinski definition) is 2. The van der Waals surface area contributed by atoms with Crippen molar-refractivity contribution in [3.63, 3.8) is 0 Å². The molecule has 1 fully saturated rings. The molecule has 1 saturated carbocycles. The number of carbonyl (C=O) groups excluding carboxylic acids is 1. The van der Waals surface area contributed by atoms with Crippen molar-refractivity contribution in [1.29, 1.82) is 0 Å². The highest BCUT2D eigenvalue weighted by Crippen LogP contribution is 2.32. The fraction of sp³-hybridized carbons (Fsp3) is 0.692. The van der Waals surface area contributed by atoms with Gasteiger partial charge in [0.15, 0.2) is 0 Å². The minimum absolute atomic E-state index is 0.0484. The van der Waals surface area contributed by atoms with Crippen LogP contribution in [-0.4, -0.2) is 28.1 Å². The third-order valence-corrected chi connectivity index (χ3v) is 4.33. The lowest BCUT2D eigenvalue weighted by Gasteiger charge is -2.20. The van der Waals surface area contributed by atoms with Gasteiger partial charge in [-0.25, -0.2) is 4.98 Å². The van der Waals surface area contributed by atoms with Gasteiger partial charge in [0, 0.05) is 24.0 Å². The van der Waals surface area contributed by atoms with Crippen molar-refractivity contribution < 1.29 is 9.90 Å². The Morgan fingerprint density at radius 2 is 2.28 bits per heavy atom. The highest BCUT2D eigenvalue weighted by atomic mass is 32.1. The summed E-state index contributed by atoms with van der Waals surface area (Å²) in [4.78, 5) is 17.2. The Labute approximate surface area is 111 Å². The molecule has 2 N–H and O–H groups in total. The third-order valence-electron chi connectivity index (χ3n) is 3.35. The molecule has 18 heavy (non-hydrogen) atoms. The van der Waals surface area contributed by atoms with Crippen LogP contribution in [0.1, 0.15) is 42.0 Å². The highest BCUT2D eigenvalue weighted by Gasteiger charge is 2.33. The second-order valence-electron chi connectivity index (χ2n) is 5.07. The Kier molecular flexibility index (Phi) is 4.35. The average Bonchev–Trinajstić information content (AvgIpc) is 2.88. The topological polar surface area (TPSA) is 62.2 Å². The van der Waals surface area contributed by atoms with Gasteiger partial charge in [-0.2, -0.15) is 0 Å². The highest BCUT2D eigenvalue weighted by molar-refractivity contribution is 7.11. The van der Waals surface area contributed by atoms with Crippen LogP contribution in [0.15, 0.2) is 6.20 Å². The second-order valence-corrected chi connectivity index (χ2v) is 6.39. The zero-order chi connectivity index (χ0) is 13.0. The molecule has 1 aromatic heterocycles. The minimum Gasteiger partial charge on any atom is -0.389 e. The first-order valence-corrected chi connectivity index (χ1v) is 7.29. The van der Waals surface area contributed by atoms with Gasteiger partial charge in [-0.1, -0.05) is 12.8 Å². The molecule has 0 saturated heterocycles. The zero-order valence-electron chi connectivity index (χ0n) is 10.7. The van der Waals surface area contributed by atoms with Crippen molar-refractivity contribution in [2.45, 2.75) is 51.0 Å². The maximum absolute atomic E-state index is 11.7. The van der Waals surface area contributed by atoms with Crippen LogP contribution in [0, 0.1) is 6.92 Å². The summed E-state index contributed by atoms with van der Waals surface area (Å²) >= 11 is 1.66. The molecule has 100 valence electrons. The number of hydrogen-bond acceptors (Lipinski definition) is 4. The fourth-order valence-corrected chi connectivity index (χ4v) is 3.18. The van der Waals surface area contributed by atoms with E-state index in [1.807, 2.05) is 13.1 Å². The van der Waals surface area contributed by atoms with E-state index in [2.05, 4.69) is 10.3 Å². The van der Waals surface area contributed by atoms with E-state index in [0.717, 1.165) is 37.1 Å². The van der Waals surface area contributed by atoms with Crippen molar-refractivity contribution in [2.24, 2.45) is 0 Å². The molecular formula is C13H20N2O2S. The van der Waals surface area contributed by atoms with Gasteiger partial charge in [-0.15, -0.1) is 11.3 Å². The summed E-state index contributed by atoms with van der Waals surface area (Å²) < 4.78 is 0. The monoisotopic (exact) mass is 268 g/mol. The minimum atomic E-state index is -0.748. The molecule has 4 nitrogen and oxygen atoms in total. The van der Waals surface area contributed by atoms with Gasteiger partial charge in [-0.3, -0.25) is 4.79 Å². The van der Waals surface area contributed by atoms with Gasteiger partial charge >= 0.3 is 0 Å². The van der Waals surface area contributed by atoms with Crippen LogP contribution in [-0.2, 0) is 11.2 Å². The molecule has 0 spiro atoms. The third kappa shape index (κ3) is 3.78. The summed E-state index contributed by atoms with van der Waals surface area (Å²) in [5.74, 6) is -0.0484. The van der Waals surface area contributed by atoms with Crippen LogP contribution in [0.25, 0.3) is 0 Å². The lowest BCUT2D eigenvalue weighted by atomic mass is 9.98. The summed E-state index contributed by atoms with van der Waals surface area (Å²) in [6.45, 7) is 2.62. The number of thiazole rings is 1. The van der Waals surface area contributed by atoms with Gasteiger partial charge in [-0.05, 0) is 19.8 Å². The normalized spacial score (nSPS) is 17.9. The van der Waals surface area contributed by atoms with E-state index in [-0.39, 0.29) is 12.3 Å². The molecule has 0 atom stereocenters. The number of aliphatic hydroxyl groups is 1. The first kappa shape index (κ1) is 13.5. The fourth-order valence-electron chi connectivity index (χ4n) is 2.40. The van der Waals surface area contributed by atoms with Crippen molar-refractivity contribution in [3.05, 3.63) is 16.1 Å². The molecule has 1 aliphatic rings. The van der Waals surface area contributed by atoms with Gasteiger partial charge in [0.25, 0.3) is 0 Å². The molecule has 0 unspecified atom stereocenters. The predicted octanol–water partition coefficient (Wildman–Crippen LogP) is 1.81. The van der Waals surface area contributed by atoms with E-state index < -0.39 is 5.60 Å². The number of rotatable bonds is 5. The Hall–Kier alpha value is -0.940. The van der Waals surface area contributed by atoms with Gasteiger partial charge < -0.3 is 10.4 Å². The van der Waals surface area contributed by atoms with Crippen LogP contribution < -0.4 is 5.32 Å². The summed E-state index contributed by atoms with van der Waals surface area (Å²) in [5, 5.41) is 14.0. The molecule has 1 aliphatic carbocycles. The molecule has 0 aromatic carbocycles. The van der Waals surface area contributed by atoms with Crippen LogP contribution in [0.2, 0.25) is 0 Å². The number of nitrogens with one attached hydrogen (secondary N) is 1. The van der Waals surface area contributed by atoms with Crippen molar-refractivity contribution in [1.82, 2.24) is 10.3 Å². The first-order valence-electron chi connectivity index (χ1n) is 6.48. The van der Waals surface area contributed by atoms with E-state index in [4.69, 9.17) is 0 Å². The molecule has 0 bridgehead atoms. The molecule has 5 heteroatoms. The van der Waals surface area contributed by atoms with Crippen molar-refractivity contribution >= 4 is 17.2 Å². The predicted molar refractivity (Wildman–Crippen MR) is 71.6 cm³/mol. The smallest absolute Gasteiger partial charge is 0.222 e. The molecule has 0 aliphatic heterocycles. The van der Waals surface area contributed by atoms with Gasteiger partial charge in [0.2, 0.25) is 5.91 Å². The van der Waals surface area contributed by atoms with E-state index >= 15 is 0 Å². The quantitative estimate of drug-likeness (QED) is 0.856. The Balaban J connectivity index is 1.68. The zero-order valence-corrected chi connectivity index (χ0v) is 11.6. The number of aryl methyl sites for hydroxylation is 1. The standard InChI is InChI=1S/C13H20N2O2S/c1-10-9-15-12(18-10)4-7-14-11(16)8-13(17)5-2-3-6-13/h9,17H,2-8H2,1H3,(H,14,16). The van der Waals surface area contributed by atoms with Crippen LogP contribution >= 0.6 is 11.3 Å². The molecule has 1 aromatic rings. The molecule has 1 amide bonds. The molecular weight excluding hydrogens is 248 g/mol. The maximum Gasteiger partial charge on any atom is 0.222 e. The average molecular weight is 268 g/mol. The molecule has 1 heterocycles. The van der Waals surface area contributed by atoms with Crippen LogP contribution in [0.3, 0.4) is 0 Å². The molecule has 0 radical (unpaired) electrons.